The molecule has 4 unspecified atom stereocenters. The third kappa shape index (κ3) is 2.77. The predicted octanol–water partition coefficient (Wildman–Crippen LogP) is 2.05. The zero-order valence-electron chi connectivity index (χ0n) is 11.9. The minimum absolute atomic E-state index is 0.0481. The maximum atomic E-state index is 12.1. The molecular formula is C15H26N2O. The van der Waals surface area contributed by atoms with Gasteiger partial charge in [0.2, 0.25) is 5.91 Å². The Bertz CT molecular complexity index is 322. The number of allylic oxidation sites excluding steroid dienone is 2. The number of fused-ring (bicyclic) bond motifs is 2. The molecule has 2 aliphatic rings. The second kappa shape index (κ2) is 5.87. The minimum Gasteiger partial charge on any atom is -0.342 e. The first-order valence-electron chi connectivity index (χ1n) is 7.36. The molecule has 3 nitrogen and oxygen atoms in total. The Balaban J connectivity index is 1.76. The Morgan fingerprint density at radius 3 is 2.56 bits per heavy atom. The van der Waals surface area contributed by atoms with Crippen LogP contribution in [0.15, 0.2) is 12.2 Å². The molecule has 2 aliphatic carbocycles. The number of likely N-dealkylation sites (N-methyl/N-ethyl adjacent to an activating group) is 1. The van der Waals surface area contributed by atoms with Gasteiger partial charge in [0.15, 0.2) is 0 Å². The highest BCUT2D eigenvalue weighted by molar-refractivity contribution is 5.81. The number of hydrogen-bond acceptors (Lipinski definition) is 2. The van der Waals surface area contributed by atoms with Crippen molar-refractivity contribution < 1.29 is 4.79 Å². The van der Waals surface area contributed by atoms with E-state index in [0.717, 1.165) is 37.4 Å². The topological polar surface area (TPSA) is 32.3 Å². The summed E-state index contributed by atoms with van der Waals surface area (Å²) in [5.41, 5.74) is 0. The van der Waals surface area contributed by atoms with Crippen molar-refractivity contribution in [1.82, 2.24) is 10.2 Å². The Hall–Kier alpha value is -0.830. The highest BCUT2D eigenvalue weighted by Gasteiger charge is 2.35. The van der Waals surface area contributed by atoms with Crippen molar-refractivity contribution in [2.24, 2.45) is 17.8 Å². The number of nitrogens with one attached hydrogen (secondary N) is 1. The molecule has 18 heavy (non-hydrogen) atoms. The minimum atomic E-state index is -0.0481. The lowest BCUT2D eigenvalue weighted by Gasteiger charge is -2.26. The summed E-state index contributed by atoms with van der Waals surface area (Å²) in [6, 6.07) is -0.0481. The van der Waals surface area contributed by atoms with Crippen LogP contribution in [0.25, 0.3) is 0 Å². The van der Waals surface area contributed by atoms with Gasteiger partial charge >= 0.3 is 0 Å². The lowest BCUT2D eigenvalue weighted by molar-refractivity contribution is -0.132. The van der Waals surface area contributed by atoms with Gasteiger partial charge in [0, 0.05) is 13.1 Å². The van der Waals surface area contributed by atoms with Gasteiger partial charge in [-0.05, 0) is 57.9 Å². The van der Waals surface area contributed by atoms with Crippen LogP contribution in [0.1, 0.15) is 33.6 Å². The van der Waals surface area contributed by atoms with E-state index in [0.29, 0.717) is 0 Å². The third-order valence-electron chi connectivity index (χ3n) is 4.55. The molecule has 1 saturated carbocycles. The van der Waals surface area contributed by atoms with Gasteiger partial charge in [-0.2, -0.15) is 0 Å². The Kier molecular flexibility index (Phi) is 4.44. The van der Waals surface area contributed by atoms with Crippen molar-refractivity contribution in [1.29, 1.82) is 0 Å². The molecule has 0 heterocycles. The quantitative estimate of drug-likeness (QED) is 0.732. The molecule has 0 spiro atoms. The normalized spacial score (nSPS) is 30.7. The van der Waals surface area contributed by atoms with Crippen LogP contribution >= 0.6 is 0 Å². The smallest absolute Gasteiger partial charge is 0.239 e. The molecule has 1 N–H and O–H groups in total. The third-order valence-corrected chi connectivity index (χ3v) is 4.55. The molecule has 2 rings (SSSR count). The van der Waals surface area contributed by atoms with Crippen LogP contribution in [-0.4, -0.2) is 36.5 Å². The number of nitrogens with zero attached hydrogens (tertiary/aromatic N) is 1. The summed E-state index contributed by atoms with van der Waals surface area (Å²) in [4.78, 5) is 14.0. The summed E-state index contributed by atoms with van der Waals surface area (Å²) in [5, 5.41) is 3.43. The predicted molar refractivity (Wildman–Crippen MR) is 74.2 cm³/mol. The summed E-state index contributed by atoms with van der Waals surface area (Å²) in [5.74, 6) is 2.56. The fraction of sp³-hybridized carbons (Fsp3) is 0.800. The SMILES string of the molecule is CCN(CC)C(=O)C(C)NCC1CC2C=CC1C2. The van der Waals surface area contributed by atoms with E-state index in [1.807, 2.05) is 25.7 Å². The van der Waals surface area contributed by atoms with Gasteiger partial charge in [-0.3, -0.25) is 4.79 Å². The Labute approximate surface area is 111 Å². The molecule has 0 aromatic heterocycles. The molecule has 0 saturated heterocycles. The van der Waals surface area contributed by atoms with E-state index in [4.69, 9.17) is 0 Å². The van der Waals surface area contributed by atoms with Crippen LogP contribution in [0.5, 0.6) is 0 Å². The molecule has 1 fully saturated rings. The van der Waals surface area contributed by atoms with Gasteiger partial charge in [-0.1, -0.05) is 12.2 Å². The summed E-state index contributed by atoms with van der Waals surface area (Å²) >= 11 is 0. The fourth-order valence-electron chi connectivity index (χ4n) is 3.35. The number of amides is 1. The van der Waals surface area contributed by atoms with Gasteiger partial charge in [-0.15, -0.1) is 0 Å². The second-order valence-corrected chi connectivity index (χ2v) is 5.68. The van der Waals surface area contributed by atoms with Crippen LogP contribution in [-0.2, 0) is 4.79 Å². The lowest BCUT2D eigenvalue weighted by atomic mass is 9.93. The van der Waals surface area contributed by atoms with E-state index < -0.39 is 0 Å². The number of carbonyl (C=O) groups is 1. The molecule has 3 heteroatoms. The maximum absolute atomic E-state index is 12.1. The second-order valence-electron chi connectivity index (χ2n) is 5.68. The number of carbonyl (C=O) groups excluding carboxylic acids is 1. The van der Waals surface area contributed by atoms with Crippen LogP contribution in [0.4, 0.5) is 0 Å². The van der Waals surface area contributed by atoms with Crippen molar-refractivity contribution in [3.8, 4) is 0 Å². The van der Waals surface area contributed by atoms with Gasteiger partial charge in [0.1, 0.15) is 0 Å². The van der Waals surface area contributed by atoms with Crippen molar-refractivity contribution in [2.75, 3.05) is 19.6 Å². The Morgan fingerprint density at radius 2 is 2.06 bits per heavy atom. The van der Waals surface area contributed by atoms with Crippen LogP contribution in [0, 0.1) is 17.8 Å². The average molecular weight is 250 g/mol. The molecular weight excluding hydrogens is 224 g/mol. The van der Waals surface area contributed by atoms with Crippen molar-refractivity contribution in [3.63, 3.8) is 0 Å². The van der Waals surface area contributed by atoms with E-state index in [9.17, 15) is 4.79 Å². The average Bonchev–Trinajstić information content (AvgIpc) is 2.99. The molecule has 4 atom stereocenters. The van der Waals surface area contributed by atoms with Gasteiger partial charge in [0.25, 0.3) is 0 Å². The van der Waals surface area contributed by atoms with Gasteiger partial charge in [-0.25, -0.2) is 0 Å². The largest absolute Gasteiger partial charge is 0.342 e. The summed E-state index contributed by atoms with van der Waals surface area (Å²) in [7, 11) is 0. The number of hydrogen-bond donors (Lipinski definition) is 1. The van der Waals surface area contributed by atoms with E-state index in [2.05, 4.69) is 17.5 Å². The van der Waals surface area contributed by atoms with Crippen LogP contribution in [0.2, 0.25) is 0 Å². The van der Waals surface area contributed by atoms with E-state index in [-0.39, 0.29) is 11.9 Å². The standard InChI is InChI=1S/C15H26N2O/c1-4-17(5-2)15(18)11(3)16-10-14-9-12-6-7-13(14)8-12/h6-7,11-14,16H,4-5,8-10H2,1-3H3. The highest BCUT2D eigenvalue weighted by Crippen LogP contribution is 2.42. The fourth-order valence-corrected chi connectivity index (χ4v) is 3.35. The molecule has 2 bridgehead atoms. The molecule has 1 amide bonds. The highest BCUT2D eigenvalue weighted by atomic mass is 16.2. The van der Waals surface area contributed by atoms with E-state index in [1.165, 1.54) is 12.8 Å². The first-order chi connectivity index (χ1) is 8.65. The lowest BCUT2D eigenvalue weighted by Crippen LogP contribution is -2.46. The van der Waals surface area contributed by atoms with E-state index in [1.54, 1.807) is 0 Å². The maximum Gasteiger partial charge on any atom is 0.239 e. The Morgan fingerprint density at radius 1 is 1.33 bits per heavy atom. The van der Waals surface area contributed by atoms with E-state index >= 15 is 0 Å². The zero-order valence-corrected chi connectivity index (χ0v) is 11.9. The van der Waals surface area contributed by atoms with Crippen molar-refractivity contribution in [2.45, 2.75) is 39.7 Å². The molecule has 0 aromatic rings. The zero-order chi connectivity index (χ0) is 13.1. The molecule has 0 aromatic carbocycles. The van der Waals surface area contributed by atoms with Crippen LogP contribution < -0.4 is 5.32 Å². The monoisotopic (exact) mass is 250 g/mol. The molecule has 0 radical (unpaired) electrons. The summed E-state index contributed by atoms with van der Waals surface area (Å²) in [6.45, 7) is 8.66. The molecule has 102 valence electrons. The summed E-state index contributed by atoms with van der Waals surface area (Å²) < 4.78 is 0. The first kappa shape index (κ1) is 13.6. The molecule has 0 aliphatic heterocycles. The summed E-state index contributed by atoms with van der Waals surface area (Å²) in [6.07, 6.45) is 7.38. The number of rotatable bonds is 6. The first-order valence-corrected chi connectivity index (χ1v) is 7.36. The van der Waals surface area contributed by atoms with Gasteiger partial charge < -0.3 is 10.2 Å². The van der Waals surface area contributed by atoms with Gasteiger partial charge in [0.05, 0.1) is 6.04 Å². The van der Waals surface area contributed by atoms with Crippen molar-refractivity contribution >= 4 is 5.91 Å². The van der Waals surface area contributed by atoms with Crippen LogP contribution in [0.3, 0.4) is 0 Å². The van der Waals surface area contributed by atoms with Crippen molar-refractivity contribution in [3.05, 3.63) is 12.2 Å².